The summed E-state index contributed by atoms with van der Waals surface area (Å²) in [6.45, 7) is 0.329. The zero-order valence-electron chi connectivity index (χ0n) is 15.5. The molecule has 0 atom stereocenters. The van der Waals surface area contributed by atoms with Crippen molar-refractivity contribution in [3.63, 3.8) is 0 Å². The predicted molar refractivity (Wildman–Crippen MR) is 114 cm³/mol. The number of halogens is 1. The maximum absolute atomic E-state index is 12.3. The molecular formula is C20H20IN3O4. The molecule has 1 N–H and O–H groups in total. The number of nitrogens with one attached hydrogen (secondary N) is 1. The van der Waals surface area contributed by atoms with Gasteiger partial charge in [0.05, 0.1) is 27.0 Å². The van der Waals surface area contributed by atoms with Gasteiger partial charge >= 0.3 is 0 Å². The first-order valence-corrected chi connectivity index (χ1v) is 9.58. The molecule has 146 valence electrons. The van der Waals surface area contributed by atoms with Crippen molar-refractivity contribution < 1.29 is 19.0 Å². The largest absolute Gasteiger partial charge is 0.493 e. The second-order valence-corrected chi connectivity index (χ2v) is 7.06. The number of benzene rings is 2. The van der Waals surface area contributed by atoms with Crippen LogP contribution in [0.25, 0.3) is 0 Å². The molecule has 7 nitrogen and oxygen atoms in total. The highest BCUT2D eigenvalue weighted by Gasteiger charge is 2.13. The minimum atomic E-state index is -0.266. The first-order valence-electron chi connectivity index (χ1n) is 8.50. The Morgan fingerprint density at radius 3 is 2.61 bits per heavy atom. The van der Waals surface area contributed by atoms with Crippen LogP contribution in [-0.4, -0.2) is 36.5 Å². The molecule has 0 fully saturated rings. The lowest BCUT2D eigenvalue weighted by Gasteiger charge is -2.14. The lowest BCUT2D eigenvalue weighted by Crippen LogP contribution is -2.22. The minimum absolute atomic E-state index is 0.0890. The van der Waals surface area contributed by atoms with Gasteiger partial charge < -0.3 is 19.5 Å². The summed E-state index contributed by atoms with van der Waals surface area (Å²) in [5.41, 5.74) is 0.885. The smallest absolute Gasteiger partial charge is 0.263 e. The van der Waals surface area contributed by atoms with E-state index in [2.05, 4.69) is 33.0 Å². The summed E-state index contributed by atoms with van der Waals surface area (Å²) in [5.74, 6) is 2.23. The Balaban J connectivity index is 1.65. The topological polar surface area (TPSA) is 74.6 Å². The highest BCUT2D eigenvalue weighted by atomic mass is 127. The maximum atomic E-state index is 12.3. The summed E-state index contributed by atoms with van der Waals surface area (Å²) in [6, 6.07) is 14.9. The monoisotopic (exact) mass is 493 g/mol. The molecule has 1 aromatic heterocycles. The molecule has 0 spiro atoms. The van der Waals surface area contributed by atoms with Crippen LogP contribution in [0.5, 0.6) is 17.2 Å². The van der Waals surface area contributed by atoms with Gasteiger partial charge in [-0.3, -0.25) is 4.79 Å². The van der Waals surface area contributed by atoms with E-state index in [0.29, 0.717) is 29.6 Å². The van der Waals surface area contributed by atoms with Crippen molar-refractivity contribution in [1.82, 2.24) is 9.78 Å². The van der Waals surface area contributed by atoms with E-state index in [1.807, 2.05) is 42.5 Å². The Labute approximate surface area is 176 Å². The van der Waals surface area contributed by atoms with Gasteiger partial charge in [0.2, 0.25) is 0 Å². The van der Waals surface area contributed by atoms with E-state index in [4.69, 9.17) is 14.2 Å². The van der Waals surface area contributed by atoms with Crippen LogP contribution in [0.3, 0.4) is 0 Å². The quantitative estimate of drug-likeness (QED) is 0.486. The van der Waals surface area contributed by atoms with E-state index in [1.54, 1.807) is 31.2 Å². The Kier molecular flexibility index (Phi) is 6.75. The van der Waals surface area contributed by atoms with Crippen molar-refractivity contribution >= 4 is 34.3 Å². The van der Waals surface area contributed by atoms with E-state index in [0.717, 1.165) is 9.13 Å². The summed E-state index contributed by atoms with van der Waals surface area (Å²) in [7, 11) is 3.18. The van der Waals surface area contributed by atoms with Crippen LogP contribution in [0.2, 0.25) is 0 Å². The second-order valence-electron chi connectivity index (χ2n) is 5.82. The molecule has 0 unspecified atom stereocenters. The van der Waals surface area contributed by atoms with Gasteiger partial charge in [0.15, 0.2) is 18.1 Å². The number of carbonyl (C=O) groups excluding carboxylic acids is 1. The zero-order valence-corrected chi connectivity index (χ0v) is 17.7. The Morgan fingerprint density at radius 1 is 1.11 bits per heavy atom. The van der Waals surface area contributed by atoms with Gasteiger partial charge in [-0.1, -0.05) is 12.1 Å². The van der Waals surface area contributed by atoms with E-state index in [-0.39, 0.29) is 12.5 Å². The van der Waals surface area contributed by atoms with Crippen LogP contribution < -0.4 is 19.5 Å². The first kappa shape index (κ1) is 20.0. The average Bonchev–Trinajstić information content (AvgIpc) is 3.13. The summed E-state index contributed by atoms with van der Waals surface area (Å²) in [4.78, 5) is 12.3. The molecule has 0 bridgehead atoms. The number of hydrogen-bond donors (Lipinski definition) is 1. The second kappa shape index (κ2) is 9.45. The standard InChI is InChI=1S/C20H20IN3O4/c1-26-17-5-3-4-14(20(17)27-2)12-24-18(10-11-22-24)23-19(25)13-28-16-8-6-15(21)7-9-16/h3-11H,12-13H2,1-2H3,(H,23,25). The van der Waals surface area contributed by atoms with Crippen LogP contribution in [0.1, 0.15) is 5.56 Å². The van der Waals surface area contributed by atoms with Gasteiger partial charge in [0, 0.05) is 15.2 Å². The predicted octanol–water partition coefficient (Wildman–Crippen LogP) is 3.57. The number of anilines is 1. The summed E-state index contributed by atoms with van der Waals surface area (Å²) >= 11 is 2.21. The first-order chi connectivity index (χ1) is 13.6. The maximum Gasteiger partial charge on any atom is 0.263 e. The number of methoxy groups -OCH3 is 2. The van der Waals surface area contributed by atoms with Crippen LogP contribution in [0.4, 0.5) is 5.82 Å². The molecule has 28 heavy (non-hydrogen) atoms. The van der Waals surface area contributed by atoms with Crippen LogP contribution >= 0.6 is 22.6 Å². The molecule has 3 rings (SSSR count). The Hall–Kier alpha value is -2.75. The van der Waals surface area contributed by atoms with E-state index in [9.17, 15) is 4.79 Å². The molecule has 1 heterocycles. The highest BCUT2D eigenvalue weighted by molar-refractivity contribution is 14.1. The zero-order chi connectivity index (χ0) is 19.9. The van der Waals surface area contributed by atoms with Gasteiger partial charge in [0.1, 0.15) is 11.6 Å². The molecule has 0 saturated heterocycles. The van der Waals surface area contributed by atoms with Crippen molar-refractivity contribution in [3.05, 3.63) is 63.9 Å². The molecule has 1 amide bonds. The number of amides is 1. The van der Waals surface area contributed by atoms with Gasteiger partial charge in [-0.05, 0) is 52.9 Å². The van der Waals surface area contributed by atoms with E-state index >= 15 is 0 Å². The van der Waals surface area contributed by atoms with Crippen molar-refractivity contribution in [2.24, 2.45) is 0 Å². The van der Waals surface area contributed by atoms with Crippen molar-refractivity contribution in [2.75, 3.05) is 26.1 Å². The Morgan fingerprint density at radius 2 is 1.89 bits per heavy atom. The molecule has 0 aliphatic carbocycles. The number of para-hydroxylation sites is 1. The van der Waals surface area contributed by atoms with Gasteiger partial charge in [-0.15, -0.1) is 0 Å². The average molecular weight is 493 g/mol. The van der Waals surface area contributed by atoms with Gasteiger partial charge in [0.25, 0.3) is 5.91 Å². The molecule has 0 saturated carbocycles. The molecule has 0 radical (unpaired) electrons. The normalized spacial score (nSPS) is 10.4. The van der Waals surface area contributed by atoms with Gasteiger partial charge in [-0.25, -0.2) is 4.68 Å². The molecule has 2 aromatic carbocycles. The summed E-state index contributed by atoms with van der Waals surface area (Å²) in [6.07, 6.45) is 1.63. The molecule has 0 aliphatic rings. The highest BCUT2D eigenvalue weighted by Crippen LogP contribution is 2.31. The van der Waals surface area contributed by atoms with Crippen LogP contribution in [0, 0.1) is 3.57 Å². The number of aromatic nitrogens is 2. The third kappa shape index (κ3) is 4.94. The number of nitrogens with zero attached hydrogens (tertiary/aromatic N) is 2. The van der Waals surface area contributed by atoms with E-state index in [1.165, 1.54) is 0 Å². The van der Waals surface area contributed by atoms with Crippen LogP contribution in [0.15, 0.2) is 54.7 Å². The van der Waals surface area contributed by atoms with Gasteiger partial charge in [-0.2, -0.15) is 5.10 Å². The Bertz CT molecular complexity index is 941. The van der Waals surface area contributed by atoms with Crippen molar-refractivity contribution in [1.29, 1.82) is 0 Å². The number of hydrogen-bond acceptors (Lipinski definition) is 5. The fourth-order valence-corrected chi connectivity index (χ4v) is 3.02. The fraction of sp³-hybridized carbons (Fsp3) is 0.200. The van der Waals surface area contributed by atoms with Crippen LogP contribution in [-0.2, 0) is 11.3 Å². The minimum Gasteiger partial charge on any atom is -0.493 e. The fourth-order valence-electron chi connectivity index (χ4n) is 2.66. The molecule has 0 aliphatic heterocycles. The van der Waals surface area contributed by atoms with E-state index < -0.39 is 0 Å². The lowest BCUT2D eigenvalue weighted by molar-refractivity contribution is -0.118. The third-order valence-electron chi connectivity index (χ3n) is 3.97. The molecule has 3 aromatic rings. The molecular weight excluding hydrogens is 473 g/mol. The SMILES string of the molecule is COc1cccc(Cn2nccc2NC(=O)COc2ccc(I)cc2)c1OC. The number of rotatable bonds is 8. The summed E-state index contributed by atoms with van der Waals surface area (Å²) in [5, 5.41) is 7.11. The van der Waals surface area contributed by atoms with Crippen molar-refractivity contribution in [3.8, 4) is 17.2 Å². The number of ether oxygens (including phenoxy) is 3. The number of carbonyl (C=O) groups is 1. The third-order valence-corrected chi connectivity index (χ3v) is 4.69. The molecule has 8 heteroatoms. The van der Waals surface area contributed by atoms with Crippen molar-refractivity contribution in [2.45, 2.75) is 6.54 Å². The lowest BCUT2D eigenvalue weighted by atomic mass is 10.2. The summed E-state index contributed by atoms with van der Waals surface area (Å²) < 4.78 is 19.1.